The molecule has 0 atom stereocenters. The molecule has 1 heterocycles. The maximum absolute atomic E-state index is 12.6. The van der Waals surface area contributed by atoms with Crippen molar-refractivity contribution in [3.63, 3.8) is 0 Å². The zero-order valence-corrected chi connectivity index (χ0v) is 14.1. The highest BCUT2D eigenvalue weighted by molar-refractivity contribution is 5.91. The average Bonchev–Trinajstić information content (AvgIpc) is 3.37. The van der Waals surface area contributed by atoms with E-state index >= 15 is 0 Å². The number of carbonyl (C=O) groups excluding carboxylic acids is 1. The van der Waals surface area contributed by atoms with E-state index in [4.69, 9.17) is 4.74 Å². The lowest BCUT2D eigenvalue weighted by molar-refractivity contribution is -0.123. The minimum atomic E-state index is -0.240. The first-order chi connectivity index (χ1) is 11.2. The average molecular weight is 316 g/mol. The number of carbonyl (C=O) groups is 1. The van der Waals surface area contributed by atoms with Gasteiger partial charge in [-0.2, -0.15) is 0 Å². The van der Waals surface area contributed by atoms with Crippen molar-refractivity contribution in [2.45, 2.75) is 38.0 Å². The van der Waals surface area contributed by atoms with Gasteiger partial charge in [-0.05, 0) is 44.7 Å². The van der Waals surface area contributed by atoms with Gasteiger partial charge in [-0.15, -0.1) is 0 Å². The van der Waals surface area contributed by atoms with Crippen LogP contribution in [0.15, 0.2) is 24.3 Å². The Morgan fingerprint density at radius 1 is 1.26 bits per heavy atom. The fourth-order valence-electron chi connectivity index (χ4n) is 3.37. The number of ether oxygens (including phenoxy) is 1. The summed E-state index contributed by atoms with van der Waals surface area (Å²) in [5.41, 5.74) is 2.17. The fraction of sp³-hybridized carbons (Fsp3) is 0.632. The molecule has 23 heavy (non-hydrogen) atoms. The predicted octanol–water partition coefficient (Wildman–Crippen LogP) is 2.26. The summed E-state index contributed by atoms with van der Waals surface area (Å²) in [6.45, 7) is 7.79. The van der Waals surface area contributed by atoms with Crippen LogP contribution in [0.25, 0.3) is 0 Å². The first-order valence-electron chi connectivity index (χ1n) is 8.86. The van der Waals surface area contributed by atoms with E-state index in [0.29, 0.717) is 0 Å². The maximum atomic E-state index is 12.6. The van der Waals surface area contributed by atoms with Crippen LogP contribution >= 0.6 is 0 Å². The van der Waals surface area contributed by atoms with Gasteiger partial charge in [0.2, 0.25) is 5.91 Å². The topological polar surface area (TPSA) is 41.6 Å². The Bertz CT molecular complexity index is 534. The van der Waals surface area contributed by atoms with Crippen LogP contribution in [0.1, 0.15) is 36.8 Å². The first-order valence-corrected chi connectivity index (χ1v) is 8.86. The maximum Gasteiger partial charge on any atom is 0.230 e. The third-order valence-corrected chi connectivity index (χ3v) is 5.05. The molecule has 0 bridgehead atoms. The summed E-state index contributed by atoms with van der Waals surface area (Å²) in [5, 5.41) is 3.16. The summed E-state index contributed by atoms with van der Waals surface area (Å²) in [5.74, 6) is 0.217. The van der Waals surface area contributed by atoms with Crippen LogP contribution in [0.5, 0.6) is 0 Å². The van der Waals surface area contributed by atoms with Gasteiger partial charge in [0, 0.05) is 19.6 Å². The molecule has 1 saturated heterocycles. The second-order valence-corrected chi connectivity index (χ2v) is 6.87. The van der Waals surface area contributed by atoms with Crippen molar-refractivity contribution < 1.29 is 9.53 Å². The zero-order chi connectivity index (χ0) is 16.1. The SMILES string of the molecule is Cc1cccc(C2(C(=O)NCCCCN3CCOCC3)CC2)c1. The Kier molecular flexibility index (Phi) is 5.34. The minimum absolute atomic E-state index is 0.217. The van der Waals surface area contributed by atoms with E-state index in [2.05, 4.69) is 41.4 Å². The van der Waals surface area contributed by atoms with Crippen molar-refractivity contribution >= 4 is 5.91 Å². The van der Waals surface area contributed by atoms with Crippen LogP contribution in [0, 0.1) is 6.92 Å². The van der Waals surface area contributed by atoms with Gasteiger partial charge in [-0.1, -0.05) is 29.8 Å². The minimum Gasteiger partial charge on any atom is -0.379 e. The molecular weight excluding hydrogens is 288 g/mol. The van der Waals surface area contributed by atoms with E-state index in [-0.39, 0.29) is 11.3 Å². The van der Waals surface area contributed by atoms with Crippen LogP contribution in [-0.4, -0.2) is 50.2 Å². The van der Waals surface area contributed by atoms with Gasteiger partial charge in [0.1, 0.15) is 0 Å². The van der Waals surface area contributed by atoms with Crippen LogP contribution in [-0.2, 0) is 14.9 Å². The van der Waals surface area contributed by atoms with Crippen molar-refractivity contribution in [2.24, 2.45) is 0 Å². The Labute approximate surface area is 139 Å². The van der Waals surface area contributed by atoms with Gasteiger partial charge in [0.05, 0.1) is 18.6 Å². The van der Waals surface area contributed by atoms with E-state index in [9.17, 15) is 4.79 Å². The second-order valence-electron chi connectivity index (χ2n) is 6.87. The first kappa shape index (κ1) is 16.5. The number of aryl methyl sites for hydroxylation is 1. The predicted molar refractivity (Wildman–Crippen MR) is 91.6 cm³/mol. The van der Waals surface area contributed by atoms with Crippen LogP contribution in [0.4, 0.5) is 0 Å². The molecule has 0 radical (unpaired) electrons. The largest absolute Gasteiger partial charge is 0.379 e. The Balaban J connectivity index is 1.39. The molecule has 1 aliphatic carbocycles. The van der Waals surface area contributed by atoms with E-state index in [1.807, 2.05) is 0 Å². The number of nitrogens with zero attached hydrogens (tertiary/aromatic N) is 1. The van der Waals surface area contributed by atoms with Crippen LogP contribution in [0.3, 0.4) is 0 Å². The normalized spacial score (nSPS) is 20.2. The summed E-state index contributed by atoms with van der Waals surface area (Å²) in [6.07, 6.45) is 4.15. The molecule has 2 aliphatic rings. The summed E-state index contributed by atoms with van der Waals surface area (Å²) in [6, 6.07) is 8.40. The summed E-state index contributed by atoms with van der Waals surface area (Å²) in [7, 11) is 0. The summed E-state index contributed by atoms with van der Waals surface area (Å²) < 4.78 is 5.35. The van der Waals surface area contributed by atoms with E-state index in [1.165, 1.54) is 11.1 Å². The summed E-state index contributed by atoms with van der Waals surface area (Å²) >= 11 is 0. The van der Waals surface area contributed by atoms with Crippen molar-refractivity contribution in [3.8, 4) is 0 Å². The molecule has 1 amide bonds. The van der Waals surface area contributed by atoms with Gasteiger partial charge in [0.15, 0.2) is 0 Å². The number of hydrogen-bond donors (Lipinski definition) is 1. The highest BCUT2D eigenvalue weighted by Gasteiger charge is 2.50. The molecule has 1 aliphatic heterocycles. The molecule has 0 unspecified atom stereocenters. The Hall–Kier alpha value is -1.39. The molecule has 1 N–H and O–H groups in total. The van der Waals surface area contributed by atoms with Gasteiger partial charge < -0.3 is 10.1 Å². The molecule has 1 aromatic carbocycles. The summed E-state index contributed by atoms with van der Waals surface area (Å²) in [4.78, 5) is 15.0. The number of benzene rings is 1. The fourth-order valence-corrected chi connectivity index (χ4v) is 3.37. The molecular formula is C19H28N2O2. The van der Waals surface area contributed by atoms with Crippen LogP contribution < -0.4 is 5.32 Å². The lowest BCUT2D eigenvalue weighted by Gasteiger charge is -2.26. The lowest BCUT2D eigenvalue weighted by Crippen LogP contribution is -2.38. The number of nitrogens with one attached hydrogen (secondary N) is 1. The Morgan fingerprint density at radius 2 is 2.04 bits per heavy atom. The number of amides is 1. The van der Waals surface area contributed by atoms with Crippen molar-refractivity contribution in [3.05, 3.63) is 35.4 Å². The van der Waals surface area contributed by atoms with Gasteiger partial charge >= 0.3 is 0 Å². The van der Waals surface area contributed by atoms with Gasteiger partial charge in [-0.3, -0.25) is 9.69 Å². The van der Waals surface area contributed by atoms with Gasteiger partial charge in [0.25, 0.3) is 0 Å². The van der Waals surface area contributed by atoms with Crippen molar-refractivity contribution in [1.29, 1.82) is 0 Å². The molecule has 1 saturated carbocycles. The number of rotatable bonds is 7. The zero-order valence-electron chi connectivity index (χ0n) is 14.1. The lowest BCUT2D eigenvalue weighted by atomic mass is 9.93. The third kappa shape index (κ3) is 4.12. The van der Waals surface area contributed by atoms with Crippen molar-refractivity contribution in [1.82, 2.24) is 10.2 Å². The molecule has 1 aromatic rings. The number of hydrogen-bond acceptors (Lipinski definition) is 3. The second kappa shape index (κ2) is 7.45. The quantitative estimate of drug-likeness (QED) is 0.785. The molecule has 0 spiro atoms. The Morgan fingerprint density at radius 3 is 2.74 bits per heavy atom. The number of morpholine rings is 1. The highest BCUT2D eigenvalue weighted by Crippen LogP contribution is 2.48. The molecule has 126 valence electrons. The van der Waals surface area contributed by atoms with Gasteiger partial charge in [-0.25, -0.2) is 0 Å². The van der Waals surface area contributed by atoms with Crippen molar-refractivity contribution in [2.75, 3.05) is 39.4 Å². The molecule has 3 rings (SSSR count). The smallest absolute Gasteiger partial charge is 0.230 e. The standard InChI is InChI=1S/C19H28N2O2/c1-16-5-4-6-17(15-16)19(7-8-19)18(22)20-9-2-3-10-21-11-13-23-14-12-21/h4-6,15H,2-3,7-14H2,1H3,(H,20,22). The molecule has 4 heteroatoms. The van der Waals surface area contributed by atoms with Crippen LogP contribution in [0.2, 0.25) is 0 Å². The molecule has 0 aromatic heterocycles. The monoisotopic (exact) mass is 316 g/mol. The third-order valence-electron chi connectivity index (χ3n) is 5.05. The highest BCUT2D eigenvalue weighted by atomic mass is 16.5. The number of unbranched alkanes of at least 4 members (excludes halogenated alkanes) is 1. The van der Waals surface area contributed by atoms with E-state index in [1.54, 1.807) is 0 Å². The van der Waals surface area contributed by atoms with E-state index < -0.39 is 0 Å². The molecule has 4 nitrogen and oxygen atoms in total. The molecule has 2 fully saturated rings. The van der Waals surface area contributed by atoms with E-state index in [0.717, 1.165) is 65.1 Å².